The molecule has 6 nitrogen and oxygen atoms in total. The zero-order valence-electron chi connectivity index (χ0n) is 11.7. The molecule has 0 amide bonds. The summed E-state index contributed by atoms with van der Waals surface area (Å²) in [5.74, 6) is 1.64. The van der Waals surface area contributed by atoms with Crippen LogP contribution in [0.25, 0.3) is 11.2 Å². The fourth-order valence-corrected chi connectivity index (χ4v) is 1.95. The van der Waals surface area contributed by atoms with E-state index < -0.39 is 0 Å². The van der Waals surface area contributed by atoms with Gasteiger partial charge >= 0.3 is 0 Å². The number of nitrogens with one attached hydrogen (secondary N) is 2. The molecule has 19 heavy (non-hydrogen) atoms. The number of hydrogen-bond donors (Lipinski definition) is 2. The van der Waals surface area contributed by atoms with Gasteiger partial charge < -0.3 is 15.0 Å². The van der Waals surface area contributed by atoms with Gasteiger partial charge in [0.2, 0.25) is 11.8 Å². The maximum absolute atomic E-state index is 5.82. The SMILES string of the molecule is CCCC(C)COc1nc(NCC)nc2nc[nH]c12. The van der Waals surface area contributed by atoms with Gasteiger partial charge in [0.15, 0.2) is 5.65 Å². The van der Waals surface area contributed by atoms with Crippen molar-refractivity contribution >= 4 is 17.1 Å². The molecule has 2 aromatic rings. The van der Waals surface area contributed by atoms with Crippen LogP contribution in [0.15, 0.2) is 6.33 Å². The Morgan fingerprint density at radius 3 is 2.95 bits per heavy atom. The fourth-order valence-electron chi connectivity index (χ4n) is 1.95. The van der Waals surface area contributed by atoms with Gasteiger partial charge in [0, 0.05) is 6.54 Å². The molecule has 0 spiro atoms. The maximum atomic E-state index is 5.82. The average molecular weight is 263 g/mol. The normalized spacial score (nSPS) is 12.6. The Balaban J connectivity index is 2.17. The summed E-state index contributed by atoms with van der Waals surface area (Å²) in [4.78, 5) is 15.9. The third-order valence-electron chi connectivity index (χ3n) is 2.87. The first-order chi connectivity index (χ1) is 9.24. The minimum atomic E-state index is 0.514. The van der Waals surface area contributed by atoms with Crippen LogP contribution >= 0.6 is 0 Å². The smallest absolute Gasteiger partial charge is 0.245 e. The highest BCUT2D eigenvalue weighted by Gasteiger charge is 2.12. The van der Waals surface area contributed by atoms with Gasteiger partial charge in [0.1, 0.15) is 5.52 Å². The summed E-state index contributed by atoms with van der Waals surface area (Å²) in [6, 6.07) is 0. The van der Waals surface area contributed by atoms with Gasteiger partial charge in [-0.1, -0.05) is 20.3 Å². The van der Waals surface area contributed by atoms with Crippen molar-refractivity contribution in [2.24, 2.45) is 5.92 Å². The second kappa shape index (κ2) is 6.36. The van der Waals surface area contributed by atoms with Crippen molar-refractivity contribution in [3.8, 4) is 5.88 Å². The van der Waals surface area contributed by atoms with Gasteiger partial charge in [-0.15, -0.1) is 0 Å². The molecular weight excluding hydrogens is 242 g/mol. The van der Waals surface area contributed by atoms with E-state index in [-0.39, 0.29) is 0 Å². The van der Waals surface area contributed by atoms with Crippen molar-refractivity contribution in [3.05, 3.63) is 6.33 Å². The molecule has 2 rings (SSSR count). The highest BCUT2D eigenvalue weighted by molar-refractivity contribution is 5.76. The van der Waals surface area contributed by atoms with Crippen LogP contribution in [-0.2, 0) is 0 Å². The molecule has 2 N–H and O–H groups in total. The number of ether oxygens (including phenoxy) is 1. The molecule has 0 saturated heterocycles. The van der Waals surface area contributed by atoms with Gasteiger partial charge in [-0.25, -0.2) is 4.98 Å². The topological polar surface area (TPSA) is 75.7 Å². The number of fused-ring (bicyclic) bond motifs is 1. The second-order valence-electron chi connectivity index (χ2n) is 4.69. The van der Waals surface area contributed by atoms with Crippen LogP contribution in [0, 0.1) is 5.92 Å². The molecule has 0 aliphatic carbocycles. The standard InChI is InChI=1S/C13H21N5O/c1-4-6-9(3)7-19-12-10-11(16-8-15-10)17-13(18-12)14-5-2/h8-9H,4-7H2,1-3H3,(H2,14,15,16,17,18). The summed E-state index contributed by atoms with van der Waals surface area (Å²) in [7, 11) is 0. The van der Waals surface area contributed by atoms with Crippen LogP contribution in [0.5, 0.6) is 5.88 Å². The first kappa shape index (κ1) is 13.6. The predicted octanol–water partition coefficient (Wildman–Crippen LogP) is 2.60. The van der Waals surface area contributed by atoms with E-state index >= 15 is 0 Å². The number of anilines is 1. The summed E-state index contributed by atoms with van der Waals surface area (Å²) in [5.41, 5.74) is 1.38. The average Bonchev–Trinajstić information content (AvgIpc) is 2.85. The molecule has 0 bridgehead atoms. The summed E-state index contributed by atoms with van der Waals surface area (Å²) in [6.07, 6.45) is 3.92. The van der Waals surface area contributed by atoms with Crippen molar-refractivity contribution in [2.75, 3.05) is 18.5 Å². The van der Waals surface area contributed by atoms with Crippen molar-refractivity contribution in [1.29, 1.82) is 0 Å². The van der Waals surface area contributed by atoms with Crippen LogP contribution < -0.4 is 10.1 Å². The molecule has 1 unspecified atom stereocenters. The summed E-state index contributed by atoms with van der Waals surface area (Å²) < 4.78 is 5.82. The quantitative estimate of drug-likeness (QED) is 0.803. The third kappa shape index (κ3) is 3.33. The molecule has 0 saturated carbocycles. The molecule has 0 aliphatic rings. The first-order valence-corrected chi connectivity index (χ1v) is 6.82. The van der Waals surface area contributed by atoms with E-state index in [1.54, 1.807) is 6.33 Å². The molecule has 2 aromatic heterocycles. The van der Waals surface area contributed by atoms with E-state index in [1.807, 2.05) is 6.92 Å². The lowest BCUT2D eigenvalue weighted by atomic mass is 10.1. The lowest BCUT2D eigenvalue weighted by molar-refractivity contribution is 0.245. The third-order valence-corrected chi connectivity index (χ3v) is 2.87. The molecular formula is C13H21N5O. The molecule has 104 valence electrons. The van der Waals surface area contributed by atoms with Crippen molar-refractivity contribution in [2.45, 2.75) is 33.6 Å². The van der Waals surface area contributed by atoms with Gasteiger partial charge in [-0.3, -0.25) is 0 Å². The van der Waals surface area contributed by atoms with Crippen molar-refractivity contribution in [3.63, 3.8) is 0 Å². The van der Waals surface area contributed by atoms with E-state index in [4.69, 9.17) is 4.74 Å². The second-order valence-corrected chi connectivity index (χ2v) is 4.69. The summed E-state index contributed by atoms with van der Waals surface area (Å²) in [5, 5.41) is 3.09. The Morgan fingerprint density at radius 2 is 2.21 bits per heavy atom. The van der Waals surface area contributed by atoms with E-state index in [1.165, 1.54) is 0 Å². The summed E-state index contributed by atoms with van der Waals surface area (Å²) in [6.45, 7) is 7.78. The van der Waals surface area contributed by atoms with Crippen LogP contribution in [0.4, 0.5) is 5.95 Å². The highest BCUT2D eigenvalue weighted by Crippen LogP contribution is 2.21. The number of nitrogens with zero attached hydrogens (tertiary/aromatic N) is 3. The van der Waals surface area contributed by atoms with Gasteiger partial charge in [-0.05, 0) is 19.3 Å². The minimum absolute atomic E-state index is 0.514. The molecule has 6 heteroatoms. The van der Waals surface area contributed by atoms with E-state index in [0.29, 0.717) is 30.0 Å². The lowest BCUT2D eigenvalue weighted by Crippen LogP contribution is -2.11. The van der Waals surface area contributed by atoms with Crippen LogP contribution in [0.3, 0.4) is 0 Å². The van der Waals surface area contributed by atoms with E-state index in [2.05, 4.69) is 39.1 Å². The monoisotopic (exact) mass is 263 g/mol. The molecule has 0 radical (unpaired) electrons. The number of aromatic amines is 1. The van der Waals surface area contributed by atoms with Crippen LogP contribution in [-0.4, -0.2) is 33.1 Å². The molecule has 2 heterocycles. The summed E-state index contributed by atoms with van der Waals surface area (Å²) >= 11 is 0. The zero-order chi connectivity index (χ0) is 13.7. The Labute approximate surface area is 113 Å². The van der Waals surface area contributed by atoms with Gasteiger partial charge in [0.05, 0.1) is 12.9 Å². The number of rotatable bonds is 7. The zero-order valence-corrected chi connectivity index (χ0v) is 11.7. The highest BCUT2D eigenvalue weighted by atomic mass is 16.5. The number of hydrogen-bond acceptors (Lipinski definition) is 5. The van der Waals surface area contributed by atoms with Gasteiger partial charge in [-0.2, -0.15) is 9.97 Å². The first-order valence-electron chi connectivity index (χ1n) is 6.82. The number of aromatic nitrogens is 4. The molecule has 0 aromatic carbocycles. The minimum Gasteiger partial charge on any atom is -0.476 e. The Hall–Kier alpha value is -1.85. The molecule has 0 fully saturated rings. The largest absolute Gasteiger partial charge is 0.476 e. The van der Waals surface area contributed by atoms with Gasteiger partial charge in [0.25, 0.3) is 0 Å². The Kier molecular flexibility index (Phi) is 4.54. The Bertz CT molecular complexity index is 525. The van der Waals surface area contributed by atoms with Crippen LogP contribution in [0.1, 0.15) is 33.6 Å². The van der Waals surface area contributed by atoms with Crippen LogP contribution in [0.2, 0.25) is 0 Å². The number of imidazole rings is 1. The van der Waals surface area contributed by atoms with E-state index in [9.17, 15) is 0 Å². The fraction of sp³-hybridized carbons (Fsp3) is 0.615. The number of H-pyrrole nitrogens is 1. The predicted molar refractivity (Wildman–Crippen MR) is 75.4 cm³/mol. The van der Waals surface area contributed by atoms with Crippen molar-refractivity contribution < 1.29 is 4.74 Å². The molecule has 0 aliphatic heterocycles. The molecule has 1 atom stereocenters. The van der Waals surface area contributed by atoms with E-state index in [0.717, 1.165) is 24.9 Å². The Morgan fingerprint density at radius 1 is 1.37 bits per heavy atom. The lowest BCUT2D eigenvalue weighted by Gasteiger charge is -2.12. The maximum Gasteiger partial charge on any atom is 0.245 e. The van der Waals surface area contributed by atoms with Crippen molar-refractivity contribution in [1.82, 2.24) is 19.9 Å².